The van der Waals surface area contributed by atoms with Crippen LogP contribution < -0.4 is 15.4 Å². The molecule has 0 aromatic heterocycles. The zero-order chi connectivity index (χ0) is 29.3. The predicted molar refractivity (Wildman–Crippen MR) is 158 cm³/mol. The maximum absolute atomic E-state index is 12.9. The van der Waals surface area contributed by atoms with Gasteiger partial charge in [0, 0.05) is 6.42 Å². The summed E-state index contributed by atoms with van der Waals surface area (Å²) < 4.78 is 11.5. The second-order valence-corrected chi connectivity index (χ2v) is 9.88. The van der Waals surface area contributed by atoms with Crippen molar-refractivity contribution in [1.29, 1.82) is 0 Å². The average Bonchev–Trinajstić information content (AvgIpc) is 3.00. The van der Waals surface area contributed by atoms with Gasteiger partial charge in [-0.3, -0.25) is 9.59 Å². The highest BCUT2D eigenvalue weighted by molar-refractivity contribution is 5.86. The van der Waals surface area contributed by atoms with E-state index in [1.54, 1.807) is 6.08 Å². The molecule has 41 heavy (non-hydrogen) atoms. The van der Waals surface area contributed by atoms with E-state index in [9.17, 15) is 19.8 Å². The summed E-state index contributed by atoms with van der Waals surface area (Å²) in [4.78, 5) is 25.7. The van der Waals surface area contributed by atoms with Crippen molar-refractivity contribution in [1.82, 2.24) is 10.6 Å². The van der Waals surface area contributed by atoms with Crippen molar-refractivity contribution >= 4 is 11.8 Å². The second-order valence-electron chi connectivity index (χ2n) is 9.88. The molecule has 0 bridgehead atoms. The minimum absolute atomic E-state index is 0.0797. The van der Waals surface area contributed by atoms with E-state index in [1.165, 1.54) is 0 Å². The molecule has 0 aliphatic heterocycles. The van der Waals surface area contributed by atoms with Crippen molar-refractivity contribution in [2.75, 3.05) is 19.8 Å². The largest absolute Gasteiger partial charge is 0.489 e. The lowest BCUT2D eigenvalue weighted by molar-refractivity contribution is -0.131. The first-order chi connectivity index (χ1) is 20.0. The average molecular weight is 561 g/mol. The van der Waals surface area contributed by atoms with Crippen molar-refractivity contribution in [2.24, 2.45) is 5.92 Å². The van der Waals surface area contributed by atoms with E-state index in [0.29, 0.717) is 19.6 Å². The molecule has 0 saturated heterocycles. The third-order valence-corrected chi connectivity index (χ3v) is 6.49. The van der Waals surface area contributed by atoms with Gasteiger partial charge in [-0.25, -0.2) is 0 Å². The topological polar surface area (TPSA) is 117 Å². The van der Waals surface area contributed by atoms with Crippen molar-refractivity contribution in [3.63, 3.8) is 0 Å². The second kappa shape index (κ2) is 17.7. The number of ether oxygens (including phenoxy) is 2. The first-order valence-electron chi connectivity index (χ1n) is 13.8. The van der Waals surface area contributed by atoms with Crippen LogP contribution in [0.4, 0.5) is 0 Å². The highest BCUT2D eigenvalue weighted by atomic mass is 16.5. The van der Waals surface area contributed by atoms with Gasteiger partial charge in [0.05, 0.1) is 44.4 Å². The molecule has 8 heteroatoms. The van der Waals surface area contributed by atoms with Gasteiger partial charge in [-0.15, -0.1) is 6.58 Å². The lowest BCUT2D eigenvalue weighted by atomic mass is 9.98. The fourth-order valence-electron chi connectivity index (χ4n) is 4.26. The van der Waals surface area contributed by atoms with Gasteiger partial charge in [-0.05, 0) is 41.7 Å². The van der Waals surface area contributed by atoms with Crippen LogP contribution in [0.25, 0.3) is 0 Å². The number of benzene rings is 3. The quantitative estimate of drug-likeness (QED) is 0.177. The molecule has 0 aliphatic carbocycles. The van der Waals surface area contributed by atoms with Crippen LogP contribution >= 0.6 is 0 Å². The predicted octanol–water partition coefficient (Wildman–Crippen LogP) is 3.56. The number of amides is 2. The lowest BCUT2D eigenvalue weighted by Crippen LogP contribution is -2.45. The standard InChI is InChI=1S/C33H40N2O6/c1-2-9-28(33(39)35-30(21-37)24-40-22-26-10-5-3-6-11-26)19-32(38)34-29(20-36)18-25-14-16-31(17-15-25)41-23-27-12-7-4-8-13-27/h2-8,10-17,28-30,36-37H,1,9,18-24H2,(H,34,38)(H,35,39)/t28-,29-,30+/m0/s1. The Balaban J connectivity index is 1.45. The molecular weight excluding hydrogens is 520 g/mol. The Kier molecular flexibility index (Phi) is 13.6. The van der Waals surface area contributed by atoms with Gasteiger partial charge in [0.1, 0.15) is 12.4 Å². The Hall–Kier alpha value is -3.98. The summed E-state index contributed by atoms with van der Waals surface area (Å²) in [6.07, 6.45) is 2.22. The molecule has 0 fully saturated rings. The fraction of sp³-hybridized carbons (Fsp3) is 0.333. The van der Waals surface area contributed by atoms with E-state index in [-0.39, 0.29) is 44.5 Å². The highest BCUT2D eigenvalue weighted by Crippen LogP contribution is 2.16. The van der Waals surface area contributed by atoms with Gasteiger partial charge in [0.15, 0.2) is 0 Å². The Bertz CT molecular complexity index is 1190. The number of aliphatic hydroxyl groups is 2. The zero-order valence-electron chi connectivity index (χ0n) is 23.3. The molecule has 0 aliphatic rings. The summed E-state index contributed by atoms with van der Waals surface area (Å²) in [6.45, 7) is 4.12. The number of carbonyl (C=O) groups is 2. The minimum atomic E-state index is -0.670. The number of hydrogen-bond donors (Lipinski definition) is 4. The molecule has 8 nitrogen and oxygen atoms in total. The maximum Gasteiger partial charge on any atom is 0.224 e. The van der Waals surface area contributed by atoms with E-state index >= 15 is 0 Å². The number of rotatable bonds is 18. The fourth-order valence-corrected chi connectivity index (χ4v) is 4.26. The minimum Gasteiger partial charge on any atom is -0.489 e. The van der Waals surface area contributed by atoms with Crippen LogP contribution in [0.3, 0.4) is 0 Å². The van der Waals surface area contributed by atoms with Crippen molar-refractivity contribution in [2.45, 2.75) is 44.6 Å². The van der Waals surface area contributed by atoms with Crippen molar-refractivity contribution in [3.05, 3.63) is 114 Å². The molecule has 0 spiro atoms. The molecule has 0 heterocycles. The summed E-state index contributed by atoms with van der Waals surface area (Å²) in [7, 11) is 0. The molecule has 218 valence electrons. The van der Waals surface area contributed by atoms with Crippen LogP contribution in [0.1, 0.15) is 29.5 Å². The third kappa shape index (κ3) is 11.6. The molecule has 0 unspecified atom stereocenters. The summed E-state index contributed by atoms with van der Waals surface area (Å²) in [5, 5.41) is 25.2. The Morgan fingerprint density at radius 3 is 1.98 bits per heavy atom. The Morgan fingerprint density at radius 1 is 0.780 bits per heavy atom. The van der Waals surface area contributed by atoms with Crippen LogP contribution in [0.15, 0.2) is 97.6 Å². The first kappa shape index (κ1) is 31.5. The summed E-state index contributed by atoms with van der Waals surface area (Å²) in [5.74, 6) is -0.660. The number of carbonyl (C=O) groups excluding carboxylic acids is 2. The summed E-state index contributed by atoms with van der Waals surface area (Å²) in [6, 6.07) is 25.9. The molecule has 3 aromatic rings. The molecule has 0 saturated carbocycles. The van der Waals surface area contributed by atoms with Crippen LogP contribution in [-0.2, 0) is 34.0 Å². The normalized spacial score (nSPS) is 13.0. The zero-order valence-corrected chi connectivity index (χ0v) is 23.3. The molecule has 3 atom stereocenters. The molecule has 0 radical (unpaired) electrons. The molecule has 3 rings (SSSR count). The number of hydrogen-bond acceptors (Lipinski definition) is 6. The van der Waals surface area contributed by atoms with Crippen LogP contribution in [0.2, 0.25) is 0 Å². The molecular formula is C33H40N2O6. The van der Waals surface area contributed by atoms with Crippen LogP contribution in [0.5, 0.6) is 5.75 Å². The van der Waals surface area contributed by atoms with Gasteiger partial charge >= 0.3 is 0 Å². The van der Waals surface area contributed by atoms with Gasteiger partial charge in [-0.2, -0.15) is 0 Å². The summed E-state index contributed by atoms with van der Waals surface area (Å²) in [5.41, 5.74) is 2.99. The highest BCUT2D eigenvalue weighted by Gasteiger charge is 2.24. The van der Waals surface area contributed by atoms with E-state index in [2.05, 4.69) is 17.2 Å². The SMILES string of the molecule is C=CC[C@@H](CC(=O)N[C@H](CO)Cc1ccc(OCc2ccccc2)cc1)C(=O)N[C@H](CO)COCc1ccccc1. The molecule has 4 N–H and O–H groups in total. The van der Waals surface area contributed by atoms with Crippen molar-refractivity contribution < 1.29 is 29.3 Å². The number of allylic oxidation sites excluding steroid dienone is 1. The van der Waals surface area contributed by atoms with Gasteiger partial charge in [-0.1, -0.05) is 78.9 Å². The third-order valence-electron chi connectivity index (χ3n) is 6.49. The van der Waals surface area contributed by atoms with Crippen LogP contribution in [0, 0.1) is 5.92 Å². The van der Waals surface area contributed by atoms with Gasteiger partial charge < -0.3 is 30.3 Å². The molecule has 2 amide bonds. The molecule has 3 aromatic carbocycles. The van der Waals surface area contributed by atoms with Crippen molar-refractivity contribution in [3.8, 4) is 5.75 Å². The van der Waals surface area contributed by atoms with E-state index < -0.39 is 18.0 Å². The number of aliphatic hydroxyl groups excluding tert-OH is 2. The first-order valence-corrected chi connectivity index (χ1v) is 13.8. The monoisotopic (exact) mass is 560 g/mol. The Morgan fingerprint density at radius 2 is 1.39 bits per heavy atom. The number of nitrogens with one attached hydrogen (secondary N) is 2. The van der Waals surface area contributed by atoms with Crippen LogP contribution in [-0.4, -0.2) is 53.9 Å². The Labute approximate surface area is 242 Å². The van der Waals surface area contributed by atoms with Gasteiger partial charge in [0.25, 0.3) is 0 Å². The van der Waals surface area contributed by atoms with E-state index in [1.807, 2.05) is 84.9 Å². The maximum atomic E-state index is 12.9. The smallest absolute Gasteiger partial charge is 0.224 e. The van der Waals surface area contributed by atoms with E-state index in [4.69, 9.17) is 9.47 Å². The van der Waals surface area contributed by atoms with Gasteiger partial charge in [0.2, 0.25) is 11.8 Å². The van der Waals surface area contributed by atoms with E-state index in [0.717, 1.165) is 22.4 Å². The lowest BCUT2D eigenvalue weighted by Gasteiger charge is -2.22. The summed E-state index contributed by atoms with van der Waals surface area (Å²) >= 11 is 0.